The molecule has 96 valence electrons. The SMILES string of the molecule is NC1(c2noc(-c3cn[nH]c3)n2)CCCCCC1. The number of hydrogen-bond acceptors (Lipinski definition) is 5. The zero-order valence-corrected chi connectivity index (χ0v) is 10.2. The van der Waals surface area contributed by atoms with Gasteiger partial charge in [0.15, 0.2) is 5.82 Å². The molecular weight excluding hydrogens is 230 g/mol. The molecule has 0 bridgehead atoms. The number of nitrogens with zero attached hydrogens (tertiary/aromatic N) is 3. The molecule has 3 N–H and O–H groups in total. The summed E-state index contributed by atoms with van der Waals surface area (Å²) >= 11 is 0. The first-order chi connectivity index (χ1) is 8.78. The number of hydrogen-bond donors (Lipinski definition) is 2. The Balaban J connectivity index is 1.88. The average molecular weight is 247 g/mol. The molecule has 0 aromatic carbocycles. The summed E-state index contributed by atoms with van der Waals surface area (Å²) in [5.74, 6) is 1.11. The van der Waals surface area contributed by atoms with E-state index in [2.05, 4.69) is 20.3 Å². The lowest BCUT2D eigenvalue weighted by Crippen LogP contribution is -2.37. The molecule has 18 heavy (non-hydrogen) atoms. The van der Waals surface area contributed by atoms with Crippen molar-refractivity contribution in [2.45, 2.75) is 44.1 Å². The summed E-state index contributed by atoms with van der Waals surface area (Å²) < 4.78 is 5.27. The van der Waals surface area contributed by atoms with Crippen molar-refractivity contribution >= 4 is 0 Å². The topological polar surface area (TPSA) is 93.6 Å². The Morgan fingerprint density at radius 1 is 1.22 bits per heavy atom. The second kappa shape index (κ2) is 4.53. The molecule has 0 radical (unpaired) electrons. The van der Waals surface area contributed by atoms with Crippen LogP contribution in [0, 0.1) is 0 Å². The van der Waals surface area contributed by atoms with E-state index in [0.717, 1.165) is 31.2 Å². The fourth-order valence-corrected chi connectivity index (χ4v) is 2.49. The summed E-state index contributed by atoms with van der Waals surface area (Å²) in [6.45, 7) is 0. The maximum Gasteiger partial charge on any atom is 0.261 e. The Morgan fingerprint density at radius 2 is 2.00 bits per heavy atom. The van der Waals surface area contributed by atoms with Crippen LogP contribution in [0.15, 0.2) is 16.9 Å². The van der Waals surface area contributed by atoms with Crippen LogP contribution in [0.4, 0.5) is 0 Å². The minimum atomic E-state index is -0.429. The molecule has 1 aliphatic carbocycles. The van der Waals surface area contributed by atoms with Gasteiger partial charge in [-0.05, 0) is 12.8 Å². The number of aromatic nitrogens is 4. The van der Waals surface area contributed by atoms with E-state index in [9.17, 15) is 0 Å². The van der Waals surface area contributed by atoms with Crippen molar-refractivity contribution in [2.75, 3.05) is 0 Å². The molecule has 0 amide bonds. The number of H-pyrrole nitrogens is 1. The third-order valence-corrected chi connectivity index (χ3v) is 3.61. The molecular formula is C12H17N5O. The van der Waals surface area contributed by atoms with Gasteiger partial charge in [-0.1, -0.05) is 30.8 Å². The molecule has 0 spiro atoms. The molecule has 3 rings (SSSR count). The number of rotatable bonds is 2. The third kappa shape index (κ3) is 2.03. The van der Waals surface area contributed by atoms with Crippen molar-refractivity contribution < 1.29 is 4.52 Å². The van der Waals surface area contributed by atoms with E-state index < -0.39 is 5.54 Å². The summed E-state index contributed by atoms with van der Waals surface area (Å²) in [4.78, 5) is 4.43. The minimum absolute atomic E-state index is 0.429. The first kappa shape index (κ1) is 11.4. The number of aromatic amines is 1. The predicted molar refractivity (Wildman–Crippen MR) is 65.4 cm³/mol. The first-order valence-corrected chi connectivity index (χ1v) is 6.40. The van der Waals surface area contributed by atoms with E-state index in [1.165, 1.54) is 12.8 Å². The summed E-state index contributed by atoms with van der Waals surface area (Å²) in [6.07, 6.45) is 9.99. The van der Waals surface area contributed by atoms with Crippen LogP contribution in [-0.2, 0) is 5.54 Å². The highest BCUT2D eigenvalue weighted by molar-refractivity contribution is 5.49. The molecule has 0 aliphatic heterocycles. The molecule has 0 unspecified atom stereocenters. The zero-order valence-electron chi connectivity index (χ0n) is 10.2. The van der Waals surface area contributed by atoms with Crippen molar-refractivity contribution in [3.8, 4) is 11.5 Å². The highest BCUT2D eigenvalue weighted by Gasteiger charge is 2.33. The molecule has 1 saturated carbocycles. The quantitative estimate of drug-likeness (QED) is 0.791. The van der Waals surface area contributed by atoms with Gasteiger partial charge in [-0.15, -0.1) is 0 Å². The van der Waals surface area contributed by atoms with Crippen molar-refractivity contribution in [2.24, 2.45) is 5.73 Å². The van der Waals surface area contributed by atoms with Crippen molar-refractivity contribution in [3.63, 3.8) is 0 Å². The van der Waals surface area contributed by atoms with Gasteiger partial charge in [0.25, 0.3) is 5.89 Å². The second-order valence-corrected chi connectivity index (χ2v) is 4.98. The molecule has 0 atom stereocenters. The maximum absolute atomic E-state index is 6.44. The summed E-state index contributed by atoms with van der Waals surface area (Å²) in [7, 11) is 0. The standard InChI is InChI=1S/C12H17N5O/c13-12(5-3-1-2-4-6-12)11-16-10(18-17-11)9-7-14-15-8-9/h7-8H,1-6,13H2,(H,14,15). The van der Waals surface area contributed by atoms with E-state index in [4.69, 9.17) is 10.3 Å². The Bertz CT molecular complexity index is 496. The van der Waals surface area contributed by atoms with E-state index >= 15 is 0 Å². The Labute approximate surface area is 105 Å². The van der Waals surface area contributed by atoms with Gasteiger partial charge in [0.2, 0.25) is 0 Å². The van der Waals surface area contributed by atoms with Crippen LogP contribution < -0.4 is 5.73 Å². The van der Waals surface area contributed by atoms with Gasteiger partial charge in [0.05, 0.1) is 17.3 Å². The van der Waals surface area contributed by atoms with Gasteiger partial charge in [0, 0.05) is 6.20 Å². The minimum Gasteiger partial charge on any atom is -0.334 e. The molecule has 6 heteroatoms. The molecule has 0 saturated heterocycles. The summed E-state index contributed by atoms with van der Waals surface area (Å²) in [6, 6.07) is 0. The third-order valence-electron chi connectivity index (χ3n) is 3.61. The molecule has 2 aromatic heterocycles. The lowest BCUT2D eigenvalue weighted by Gasteiger charge is -2.23. The Hall–Kier alpha value is -1.69. The zero-order chi connectivity index (χ0) is 12.4. The van der Waals surface area contributed by atoms with E-state index in [-0.39, 0.29) is 0 Å². The fourth-order valence-electron chi connectivity index (χ4n) is 2.49. The largest absolute Gasteiger partial charge is 0.334 e. The van der Waals surface area contributed by atoms with Gasteiger partial charge in [-0.3, -0.25) is 5.10 Å². The van der Waals surface area contributed by atoms with Gasteiger partial charge in [0.1, 0.15) is 0 Å². The van der Waals surface area contributed by atoms with Gasteiger partial charge < -0.3 is 10.3 Å². The first-order valence-electron chi connectivity index (χ1n) is 6.40. The van der Waals surface area contributed by atoms with E-state index in [1.54, 1.807) is 12.4 Å². The second-order valence-electron chi connectivity index (χ2n) is 4.98. The van der Waals surface area contributed by atoms with Crippen LogP contribution in [0.3, 0.4) is 0 Å². The Kier molecular flexibility index (Phi) is 2.87. The van der Waals surface area contributed by atoms with Crippen LogP contribution in [0.5, 0.6) is 0 Å². The van der Waals surface area contributed by atoms with Crippen molar-refractivity contribution in [1.82, 2.24) is 20.3 Å². The fraction of sp³-hybridized carbons (Fsp3) is 0.583. The lowest BCUT2D eigenvalue weighted by atomic mass is 9.91. The van der Waals surface area contributed by atoms with Crippen molar-refractivity contribution in [1.29, 1.82) is 0 Å². The van der Waals surface area contributed by atoms with Crippen LogP contribution in [0.1, 0.15) is 44.3 Å². The van der Waals surface area contributed by atoms with Gasteiger partial charge in [-0.2, -0.15) is 10.1 Å². The normalized spacial score (nSPS) is 19.6. The van der Waals surface area contributed by atoms with Crippen LogP contribution >= 0.6 is 0 Å². The highest BCUT2D eigenvalue weighted by atomic mass is 16.5. The van der Waals surface area contributed by atoms with Crippen LogP contribution in [0.2, 0.25) is 0 Å². The Morgan fingerprint density at radius 3 is 2.67 bits per heavy atom. The predicted octanol–water partition coefficient (Wildman–Crippen LogP) is 1.97. The van der Waals surface area contributed by atoms with Gasteiger partial charge >= 0.3 is 0 Å². The lowest BCUT2D eigenvalue weighted by molar-refractivity contribution is 0.334. The molecule has 1 fully saturated rings. The molecule has 1 aliphatic rings. The monoisotopic (exact) mass is 247 g/mol. The highest BCUT2D eigenvalue weighted by Crippen LogP contribution is 2.32. The number of nitrogens with one attached hydrogen (secondary N) is 1. The van der Waals surface area contributed by atoms with Crippen molar-refractivity contribution in [3.05, 3.63) is 18.2 Å². The molecule has 2 aromatic rings. The molecule has 2 heterocycles. The maximum atomic E-state index is 6.44. The summed E-state index contributed by atoms with van der Waals surface area (Å²) in [5.41, 5.74) is 6.81. The summed E-state index contributed by atoms with van der Waals surface area (Å²) in [5, 5.41) is 10.7. The molecule has 6 nitrogen and oxygen atoms in total. The number of nitrogens with two attached hydrogens (primary N) is 1. The van der Waals surface area contributed by atoms with Crippen LogP contribution in [0.25, 0.3) is 11.5 Å². The van der Waals surface area contributed by atoms with E-state index in [0.29, 0.717) is 11.7 Å². The van der Waals surface area contributed by atoms with Gasteiger partial charge in [-0.25, -0.2) is 0 Å². The smallest absolute Gasteiger partial charge is 0.261 e. The van der Waals surface area contributed by atoms with Crippen LogP contribution in [-0.4, -0.2) is 20.3 Å². The average Bonchev–Trinajstić information content (AvgIpc) is 3.00. The van der Waals surface area contributed by atoms with E-state index in [1.807, 2.05) is 0 Å².